The molecule has 6 heteroatoms. The van der Waals surface area contributed by atoms with Crippen molar-refractivity contribution in [3.63, 3.8) is 0 Å². The lowest BCUT2D eigenvalue weighted by Crippen LogP contribution is -2.30. The molecule has 0 amide bonds. The van der Waals surface area contributed by atoms with Gasteiger partial charge in [0.1, 0.15) is 13.2 Å². The van der Waals surface area contributed by atoms with Crippen molar-refractivity contribution in [1.82, 2.24) is 0 Å². The minimum absolute atomic E-state index is 0.0997. The zero-order chi connectivity index (χ0) is 59.9. The second-order valence-corrected chi connectivity index (χ2v) is 23.0. The van der Waals surface area contributed by atoms with Crippen molar-refractivity contribution in [2.45, 2.75) is 335 Å². The summed E-state index contributed by atoms with van der Waals surface area (Å²) in [5.41, 5.74) is 0. The van der Waals surface area contributed by atoms with Gasteiger partial charge in [-0.05, 0) is 96.3 Å². The maximum atomic E-state index is 12.9. The van der Waals surface area contributed by atoms with Gasteiger partial charge in [-0.15, -0.1) is 0 Å². The highest BCUT2D eigenvalue weighted by molar-refractivity contribution is 5.71. The number of rotatable bonds is 63. The van der Waals surface area contributed by atoms with Gasteiger partial charge < -0.3 is 14.2 Å². The lowest BCUT2D eigenvalue weighted by molar-refractivity contribution is -0.166. The first-order valence-corrected chi connectivity index (χ1v) is 35.0. The zero-order valence-corrected chi connectivity index (χ0v) is 54.4. The number of carbonyl (C=O) groups excluding carboxylic acids is 3. The van der Waals surface area contributed by atoms with Gasteiger partial charge in [-0.2, -0.15) is 0 Å². The van der Waals surface area contributed by atoms with Crippen LogP contribution in [0.3, 0.4) is 0 Å². The van der Waals surface area contributed by atoms with E-state index in [1.807, 2.05) is 6.08 Å². The highest BCUT2D eigenvalue weighted by atomic mass is 16.6. The third kappa shape index (κ3) is 68.5. The SMILES string of the molecule is CC/C=C\C/C=C\C/C=C\C/C=C\C/C=C\C/C=C\CCCCCCCCCCCCCCC(=O)OCC(COC(=O)CC/C=C\C/C=C\C/C=C\C/C=C\CC)OC(=O)CCCCCCCCCCCCCCCCCCCCCCC. The summed E-state index contributed by atoms with van der Waals surface area (Å²) in [6.07, 6.45) is 98.2. The Morgan fingerprint density at radius 2 is 0.494 bits per heavy atom. The minimum Gasteiger partial charge on any atom is -0.462 e. The molecule has 0 fully saturated rings. The summed E-state index contributed by atoms with van der Waals surface area (Å²) in [7, 11) is 0. The molecule has 83 heavy (non-hydrogen) atoms. The van der Waals surface area contributed by atoms with E-state index in [2.05, 4.69) is 136 Å². The molecule has 0 rings (SSSR count). The fraction of sp³-hybridized carbons (Fsp3) is 0.701. The highest BCUT2D eigenvalue weighted by Crippen LogP contribution is 2.17. The smallest absolute Gasteiger partial charge is 0.306 e. The zero-order valence-electron chi connectivity index (χ0n) is 54.4. The maximum absolute atomic E-state index is 12.9. The monoisotopic (exact) mass is 1150 g/mol. The van der Waals surface area contributed by atoms with Crippen LogP contribution < -0.4 is 0 Å². The van der Waals surface area contributed by atoms with E-state index < -0.39 is 6.10 Å². The topological polar surface area (TPSA) is 78.9 Å². The molecule has 0 aromatic heterocycles. The molecule has 0 aliphatic rings. The number of ether oxygens (including phenoxy) is 3. The second kappa shape index (κ2) is 70.3. The molecule has 0 saturated heterocycles. The molecule has 1 unspecified atom stereocenters. The van der Waals surface area contributed by atoms with E-state index >= 15 is 0 Å². The summed E-state index contributed by atoms with van der Waals surface area (Å²) in [6.45, 7) is 6.38. The molecule has 0 spiro atoms. The number of esters is 3. The van der Waals surface area contributed by atoms with Crippen molar-refractivity contribution in [2.24, 2.45) is 0 Å². The Hall–Kier alpha value is -4.19. The Labute approximate surface area is 513 Å². The van der Waals surface area contributed by atoms with Crippen LogP contribution >= 0.6 is 0 Å². The predicted molar refractivity (Wildman–Crippen MR) is 362 cm³/mol. The van der Waals surface area contributed by atoms with Gasteiger partial charge in [0.05, 0.1) is 0 Å². The molecule has 0 aromatic carbocycles. The van der Waals surface area contributed by atoms with Crippen LogP contribution in [0, 0.1) is 0 Å². The fourth-order valence-corrected chi connectivity index (χ4v) is 9.82. The van der Waals surface area contributed by atoms with Gasteiger partial charge in [0.15, 0.2) is 6.10 Å². The van der Waals surface area contributed by atoms with Gasteiger partial charge in [-0.25, -0.2) is 0 Å². The highest BCUT2D eigenvalue weighted by Gasteiger charge is 2.19. The lowest BCUT2D eigenvalue weighted by atomic mass is 10.0. The summed E-state index contributed by atoms with van der Waals surface area (Å²) in [5, 5.41) is 0. The van der Waals surface area contributed by atoms with Crippen LogP contribution in [0.5, 0.6) is 0 Å². The van der Waals surface area contributed by atoms with Gasteiger partial charge >= 0.3 is 17.9 Å². The molecule has 0 heterocycles. The van der Waals surface area contributed by atoms with E-state index in [1.54, 1.807) is 0 Å². The maximum Gasteiger partial charge on any atom is 0.306 e. The number of allylic oxidation sites excluding steroid dienone is 20. The molecule has 474 valence electrons. The van der Waals surface area contributed by atoms with E-state index in [1.165, 1.54) is 180 Å². The molecule has 6 nitrogen and oxygen atoms in total. The van der Waals surface area contributed by atoms with E-state index in [0.29, 0.717) is 19.3 Å². The van der Waals surface area contributed by atoms with Crippen molar-refractivity contribution < 1.29 is 28.6 Å². The van der Waals surface area contributed by atoms with Crippen molar-refractivity contribution in [3.05, 3.63) is 122 Å². The minimum atomic E-state index is -0.809. The fourth-order valence-electron chi connectivity index (χ4n) is 9.82. The summed E-state index contributed by atoms with van der Waals surface area (Å²) < 4.78 is 16.9. The van der Waals surface area contributed by atoms with Gasteiger partial charge in [-0.1, -0.05) is 335 Å². The van der Waals surface area contributed by atoms with Crippen LogP contribution in [-0.2, 0) is 28.6 Å². The average Bonchev–Trinajstić information content (AvgIpc) is 3.49. The number of unbranched alkanes of at least 4 members (excludes halogenated alkanes) is 32. The van der Waals surface area contributed by atoms with Crippen LogP contribution in [0.4, 0.5) is 0 Å². The average molecular weight is 1150 g/mol. The number of hydrogen-bond donors (Lipinski definition) is 0. The van der Waals surface area contributed by atoms with E-state index in [0.717, 1.165) is 103 Å². The van der Waals surface area contributed by atoms with Gasteiger partial charge in [0.2, 0.25) is 0 Å². The predicted octanol–water partition coefficient (Wildman–Crippen LogP) is 24.3. The molecule has 0 N–H and O–H groups in total. The summed E-state index contributed by atoms with van der Waals surface area (Å²) in [5.74, 6) is -0.974. The van der Waals surface area contributed by atoms with Crippen molar-refractivity contribution in [2.75, 3.05) is 13.2 Å². The molecule has 1 atom stereocenters. The van der Waals surface area contributed by atoms with Crippen molar-refractivity contribution >= 4 is 17.9 Å². The Kier molecular flexibility index (Phi) is 66.7. The van der Waals surface area contributed by atoms with Crippen LogP contribution in [0.25, 0.3) is 0 Å². The first-order chi connectivity index (χ1) is 41.0. The molecule has 0 aromatic rings. The largest absolute Gasteiger partial charge is 0.462 e. The van der Waals surface area contributed by atoms with Gasteiger partial charge in [-0.3, -0.25) is 14.4 Å². The molecule has 0 saturated carbocycles. The Balaban J connectivity index is 4.28. The normalized spacial score (nSPS) is 12.9. The third-order valence-electron chi connectivity index (χ3n) is 15.0. The lowest BCUT2D eigenvalue weighted by Gasteiger charge is -2.18. The standard InChI is InChI=1S/C77H130O6/c1-4-7-10-13-16-19-22-25-27-29-31-33-34-35-36-37-38-39-40-41-42-44-45-47-49-52-55-58-61-64-67-70-76(79)82-73-74(72-81-75(78)69-66-63-60-57-54-51-24-21-18-15-12-9-6-3)83-77(80)71-68-65-62-59-56-53-50-48-46-43-32-30-28-26-23-20-17-14-11-8-5-2/h7,9-10,12,16,18-19,21,25,27,31,33,35-36,38-39,51,54,60,63,74H,4-6,8,11,13-15,17,20,22-24,26,28-30,32,34,37,40-50,52-53,55-59,61-62,64-73H2,1-3H3/b10-7-,12-9-,19-16-,21-18-,27-25-,33-31-,36-35-,39-38-,54-51-,63-60-. The summed E-state index contributed by atoms with van der Waals surface area (Å²) in [4.78, 5) is 38.4. The number of carbonyl (C=O) groups is 3. The summed E-state index contributed by atoms with van der Waals surface area (Å²) >= 11 is 0. The molecule has 0 aliphatic carbocycles. The Morgan fingerprint density at radius 1 is 0.253 bits per heavy atom. The Morgan fingerprint density at radius 3 is 0.807 bits per heavy atom. The van der Waals surface area contributed by atoms with Crippen molar-refractivity contribution in [3.8, 4) is 0 Å². The first kappa shape index (κ1) is 78.8. The second-order valence-electron chi connectivity index (χ2n) is 23.0. The molecule has 0 bridgehead atoms. The van der Waals surface area contributed by atoms with Gasteiger partial charge in [0.25, 0.3) is 0 Å². The number of hydrogen-bond acceptors (Lipinski definition) is 6. The van der Waals surface area contributed by atoms with Gasteiger partial charge in [0, 0.05) is 19.3 Å². The molecule has 0 aliphatic heterocycles. The van der Waals surface area contributed by atoms with Crippen LogP contribution in [0.15, 0.2) is 122 Å². The van der Waals surface area contributed by atoms with E-state index in [-0.39, 0.29) is 37.5 Å². The first-order valence-electron chi connectivity index (χ1n) is 35.0. The Bertz CT molecular complexity index is 1700. The van der Waals surface area contributed by atoms with E-state index in [9.17, 15) is 14.4 Å². The van der Waals surface area contributed by atoms with Crippen LogP contribution in [0.2, 0.25) is 0 Å². The van der Waals surface area contributed by atoms with Crippen molar-refractivity contribution in [1.29, 1.82) is 0 Å². The van der Waals surface area contributed by atoms with E-state index in [4.69, 9.17) is 14.2 Å². The van der Waals surface area contributed by atoms with Crippen LogP contribution in [-0.4, -0.2) is 37.2 Å². The summed E-state index contributed by atoms with van der Waals surface area (Å²) in [6, 6.07) is 0. The van der Waals surface area contributed by atoms with Crippen LogP contribution in [0.1, 0.15) is 329 Å². The quantitative estimate of drug-likeness (QED) is 0.0261. The molecular weight excluding hydrogens is 1020 g/mol. The molecular formula is C77H130O6. The molecule has 0 radical (unpaired) electrons. The third-order valence-corrected chi connectivity index (χ3v) is 15.0.